The fourth-order valence-corrected chi connectivity index (χ4v) is 2.84. The smallest absolute Gasteiger partial charge is 0.226 e. The maximum Gasteiger partial charge on any atom is 0.226 e. The molecule has 4 nitrogen and oxygen atoms in total. The monoisotopic (exact) mass is 323 g/mol. The molecule has 0 fully saturated rings. The van der Waals surface area contributed by atoms with Crippen LogP contribution in [0.25, 0.3) is 11.5 Å². The van der Waals surface area contributed by atoms with Crippen LogP contribution in [0.4, 0.5) is 4.39 Å². The van der Waals surface area contributed by atoms with E-state index in [-0.39, 0.29) is 18.2 Å². The number of nitrogens with zero attached hydrogens (tertiary/aromatic N) is 1. The fourth-order valence-electron chi connectivity index (χ4n) is 2.84. The number of carbonyl (C=O) groups excluding carboxylic acids is 1. The number of ketones is 1. The van der Waals surface area contributed by atoms with Gasteiger partial charge >= 0.3 is 0 Å². The predicted octanol–water partition coefficient (Wildman–Crippen LogP) is 4.19. The summed E-state index contributed by atoms with van der Waals surface area (Å²) in [5.41, 5.74) is 3.05. The molecule has 0 amide bonds. The summed E-state index contributed by atoms with van der Waals surface area (Å²) in [6.07, 6.45) is 2.77. The van der Waals surface area contributed by atoms with Crippen molar-refractivity contribution in [3.63, 3.8) is 0 Å². The van der Waals surface area contributed by atoms with Crippen LogP contribution in [0, 0.1) is 5.82 Å². The van der Waals surface area contributed by atoms with Gasteiger partial charge in [-0.1, -0.05) is 12.1 Å². The van der Waals surface area contributed by atoms with E-state index in [1.807, 2.05) is 18.2 Å². The third-order valence-corrected chi connectivity index (χ3v) is 4.05. The molecular formula is C19H14FNO3. The minimum atomic E-state index is -0.304. The Hall–Kier alpha value is -2.95. The Morgan fingerprint density at radius 2 is 1.96 bits per heavy atom. The third kappa shape index (κ3) is 2.69. The molecule has 0 unspecified atom stereocenters. The first-order valence-electron chi connectivity index (χ1n) is 7.69. The summed E-state index contributed by atoms with van der Waals surface area (Å²) in [4.78, 5) is 16.1. The quantitative estimate of drug-likeness (QED) is 0.722. The van der Waals surface area contributed by atoms with Crippen molar-refractivity contribution in [1.29, 1.82) is 0 Å². The number of hydrogen-bond donors (Lipinski definition) is 0. The normalized spacial score (nSPS) is 13.1. The summed E-state index contributed by atoms with van der Waals surface area (Å²) in [6, 6.07) is 11.5. The van der Waals surface area contributed by atoms with Gasteiger partial charge in [-0.25, -0.2) is 9.37 Å². The highest BCUT2D eigenvalue weighted by atomic mass is 19.1. The van der Waals surface area contributed by atoms with Crippen LogP contribution in [0.5, 0.6) is 5.75 Å². The van der Waals surface area contributed by atoms with E-state index in [0.717, 1.165) is 11.1 Å². The lowest BCUT2D eigenvalue weighted by molar-refractivity contribution is 0.0994. The van der Waals surface area contributed by atoms with Gasteiger partial charge in [0.15, 0.2) is 5.78 Å². The number of oxazole rings is 1. The third-order valence-electron chi connectivity index (χ3n) is 4.05. The van der Waals surface area contributed by atoms with Gasteiger partial charge in [0.2, 0.25) is 5.89 Å². The zero-order chi connectivity index (χ0) is 16.5. The van der Waals surface area contributed by atoms with Crippen LogP contribution in [-0.4, -0.2) is 10.8 Å². The Morgan fingerprint density at radius 1 is 1.12 bits per heavy atom. The van der Waals surface area contributed by atoms with Gasteiger partial charge in [0, 0.05) is 23.1 Å². The van der Waals surface area contributed by atoms with Crippen LogP contribution in [0.15, 0.2) is 53.1 Å². The molecule has 24 heavy (non-hydrogen) atoms. The zero-order valence-corrected chi connectivity index (χ0v) is 12.8. The van der Waals surface area contributed by atoms with E-state index >= 15 is 0 Å². The second-order valence-corrected chi connectivity index (χ2v) is 5.65. The molecule has 0 radical (unpaired) electrons. The number of benzene rings is 2. The van der Waals surface area contributed by atoms with E-state index in [9.17, 15) is 9.18 Å². The van der Waals surface area contributed by atoms with Gasteiger partial charge in [0.1, 0.15) is 30.1 Å². The molecule has 0 saturated carbocycles. The summed E-state index contributed by atoms with van der Waals surface area (Å²) in [7, 11) is 0. The maximum absolute atomic E-state index is 13.0. The molecule has 1 aromatic heterocycles. The van der Waals surface area contributed by atoms with Crippen molar-refractivity contribution in [2.24, 2.45) is 0 Å². The molecule has 5 heteroatoms. The number of halogens is 1. The molecule has 0 N–H and O–H groups in total. The summed E-state index contributed by atoms with van der Waals surface area (Å²) >= 11 is 0. The number of ether oxygens (including phenoxy) is 1. The van der Waals surface area contributed by atoms with Crippen molar-refractivity contribution in [1.82, 2.24) is 4.98 Å². The van der Waals surface area contributed by atoms with E-state index in [1.165, 1.54) is 18.4 Å². The van der Waals surface area contributed by atoms with E-state index in [0.29, 0.717) is 35.7 Å². The summed E-state index contributed by atoms with van der Waals surface area (Å²) in [5.74, 6) is 0.989. The molecular weight excluding hydrogens is 309 g/mol. The first kappa shape index (κ1) is 14.6. The van der Waals surface area contributed by atoms with Crippen LogP contribution in [-0.2, 0) is 13.0 Å². The Labute approximate surface area is 137 Å². The standard InChI is InChI=1S/C19H14FNO3/c20-13-6-4-12(5-7-13)19-21-14(11-24-19)10-23-18-3-1-2-15-16(18)8-9-17(15)22/h1-7,11H,8-10H2. The Morgan fingerprint density at radius 3 is 2.79 bits per heavy atom. The number of fused-ring (bicyclic) bond motifs is 1. The van der Waals surface area contributed by atoms with E-state index in [1.54, 1.807) is 12.1 Å². The molecule has 0 aliphatic heterocycles. The van der Waals surface area contributed by atoms with Crippen LogP contribution in [0.1, 0.15) is 28.0 Å². The molecule has 120 valence electrons. The summed E-state index contributed by atoms with van der Waals surface area (Å²) < 4.78 is 24.2. The number of rotatable bonds is 4. The molecule has 3 aromatic rings. The number of carbonyl (C=O) groups is 1. The maximum atomic E-state index is 13.0. The van der Waals surface area contributed by atoms with Gasteiger partial charge in [0.05, 0.1) is 0 Å². The summed E-state index contributed by atoms with van der Waals surface area (Å²) in [5, 5.41) is 0. The molecule has 0 saturated heterocycles. The number of Topliss-reactive ketones (excluding diaryl/α,β-unsaturated/α-hetero) is 1. The van der Waals surface area contributed by atoms with Crippen molar-refractivity contribution in [2.45, 2.75) is 19.4 Å². The molecule has 2 aromatic carbocycles. The minimum Gasteiger partial charge on any atom is -0.487 e. The SMILES string of the molecule is O=C1CCc2c(OCc3coc(-c4ccc(F)cc4)n3)cccc21. The Bertz CT molecular complexity index is 899. The number of aromatic nitrogens is 1. The molecule has 0 bridgehead atoms. The molecule has 1 aliphatic rings. The Balaban J connectivity index is 1.50. The first-order valence-corrected chi connectivity index (χ1v) is 7.69. The highest BCUT2D eigenvalue weighted by molar-refractivity contribution is 6.01. The largest absolute Gasteiger partial charge is 0.487 e. The molecule has 1 aliphatic carbocycles. The predicted molar refractivity (Wildman–Crippen MR) is 85.3 cm³/mol. The average molecular weight is 323 g/mol. The molecule has 4 rings (SSSR count). The minimum absolute atomic E-state index is 0.162. The van der Waals surface area contributed by atoms with Crippen molar-refractivity contribution >= 4 is 5.78 Å². The van der Waals surface area contributed by atoms with Gasteiger partial charge in [-0.2, -0.15) is 0 Å². The highest BCUT2D eigenvalue weighted by Gasteiger charge is 2.22. The zero-order valence-electron chi connectivity index (χ0n) is 12.8. The fraction of sp³-hybridized carbons (Fsp3) is 0.158. The van der Waals surface area contributed by atoms with Crippen LogP contribution >= 0.6 is 0 Å². The van der Waals surface area contributed by atoms with Gasteiger partial charge in [-0.15, -0.1) is 0 Å². The van der Waals surface area contributed by atoms with E-state index in [4.69, 9.17) is 9.15 Å². The highest BCUT2D eigenvalue weighted by Crippen LogP contribution is 2.31. The van der Waals surface area contributed by atoms with Crippen molar-refractivity contribution in [2.75, 3.05) is 0 Å². The molecule has 0 spiro atoms. The van der Waals surface area contributed by atoms with Crippen molar-refractivity contribution < 1.29 is 18.3 Å². The van der Waals surface area contributed by atoms with E-state index in [2.05, 4.69) is 4.98 Å². The lowest BCUT2D eigenvalue weighted by Gasteiger charge is -2.08. The lowest BCUT2D eigenvalue weighted by Crippen LogP contribution is -1.99. The first-order chi connectivity index (χ1) is 11.7. The second-order valence-electron chi connectivity index (χ2n) is 5.65. The number of hydrogen-bond acceptors (Lipinski definition) is 4. The van der Waals surface area contributed by atoms with Gasteiger partial charge in [0.25, 0.3) is 0 Å². The van der Waals surface area contributed by atoms with Gasteiger partial charge in [-0.3, -0.25) is 4.79 Å². The van der Waals surface area contributed by atoms with E-state index < -0.39 is 0 Å². The van der Waals surface area contributed by atoms with Crippen molar-refractivity contribution in [3.8, 4) is 17.2 Å². The molecule has 1 heterocycles. The Kier molecular flexibility index (Phi) is 3.61. The van der Waals surface area contributed by atoms with Crippen LogP contribution in [0.2, 0.25) is 0 Å². The average Bonchev–Trinajstić information content (AvgIpc) is 3.21. The van der Waals surface area contributed by atoms with Crippen molar-refractivity contribution in [3.05, 3.63) is 71.4 Å². The summed E-state index contributed by atoms with van der Waals surface area (Å²) in [6.45, 7) is 0.245. The van der Waals surface area contributed by atoms with Crippen LogP contribution in [0.3, 0.4) is 0 Å². The van der Waals surface area contributed by atoms with Gasteiger partial charge < -0.3 is 9.15 Å². The molecule has 0 atom stereocenters. The topological polar surface area (TPSA) is 52.3 Å². The lowest BCUT2D eigenvalue weighted by atomic mass is 10.1. The van der Waals surface area contributed by atoms with Gasteiger partial charge in [-0.05, 0) is 36.8 Å². The van der Waals surface area contributed by atoms with Crippen LogP contribution < -0.4 is 4.74 Å². The second kappa shape index (κ2) is 5.92.